The highest BCUT2D eigenvalue weighted by atomic mass is 16.6. The third kappa shape index (κ3) is 3.28. The summed E-state index contributed by atoms with van der Waals surface area (Å²) in [4.78, 5) is 14.0. The fraction of sp³-hybridized carbons (Fsp3) is 0.385. The van der Waals surface area contributed by atoms with Crippen LogP contribution >= 0.6 is 0 Å². The van der Waals surface area contributed by atoms with Crippen LogP contribution in [0.25, 0.3) is 0 Å². The Balaban J connectivity index is 2.05. The lowest BCUT2D eigenvalue weighted by atomic mass is 9.94. The van der Waals surface area contributed by atoms with Crippen LogP contribution in [0.4, 0.5) is 11.5 Å². The topological polar surface area (TPSA) is 91.8 Å². The number of rotatable bonds is 4. The summed E-state index contributed by atoms with van der Waals surface area (Å²) < 4.78 is 0. The van der Waals surface area contributed by atoms with Crippen LogP contribution < -0.4 is 5.32 Å². The monoisotopic (exact) mass is 258 g/mol. The van der Waals surface area contributed by atoms with Gasteiger partial charge < -0.3 is 5.32 Å². The van der Waals surface area contributed by atoms with Crippen molar-refractivity contribution in [3.63, 3.8) is 0 Å². The summed E-state index contributed by atoms with van der Waals surface area (Å²) >= 11 is 0. The number of nitrogens with zero attached hydrogens (tertiary/aromatic N) is 3. The third-order valence-electron chi connectivity index (χ3n) is 3.14. The van der Waals surface area contributed by atoms with Crippen molar-refractivity contribution in [2.24, 2.45) is 5.92 Å². The standard InChI is InChI=1S/C13H14N4O2/c14-7-11-6-12(17(18)19)9-16-13(11)15-8-10-4-2-1-3-5-10/h1-2,6,9-10H,3-5,8H2,(H,15,16)/t10-/m1/s1. The predicted molar refractivity (Wildman–Crippen MR) is 70.6 cm³/mol. The van der Waals surface area contributed by atoms with Crippen molar-refractivity contribution in [3.05, 3.63) is 40.1 Å². The van der Waals surface area contributed by atoms with Crippen LogP contribution in [0.3, 0.4) is 0 Å². The van der Waals surface area contributed by atoms with Crippen molar-refractivity contribution >= 4 is 11.5 Å². The minimum Gasteiger partial charge on any atom is -0.369 e. The molecular formula is C13H14N4O2. The maximum atomic E-state index is 10.6. The van der Waals surface area contributed by atoms with E-state index in [9.17, 15) is 10.1 Å². The molecule has 0 saturated heterocycles. The molecule has 0 aliphatic heterocycles. The number of allylic oxidation sites excluding steroid dienone is 2. The molecule has 1 aromatic heterocycles. The Kier molecular flexibility index (Phi) is 4.08. The zero-order valence-electron chi connectivity index (χ0n) is 10.4. The summed E-state index contributed by atoms with van der Waals surface area (Å²) in [6, 6.07) is 3.18. The number of hydrogen-bond acceptors (Lipinski definition) is 5. The van der Waals surface area contributed by atoms with E-state index in [-0.39, 0.29) is 11.3 Å². The van der Waals surface area contributed by atoms with E-state index in [1.165, 1.54) is 12.3 Å². The first-order valence-corrected chi connectivity index (χ1v) is 6.14. The molecule has 0 unspecified atom stereocenters. The van der Waals surface area contributed by atoms with Gasteiger partial charge in [-0.1, -0.05) is 12.2 Å². The first-order chi connectivity index (χ1) is 9.20. The van der Waals surface area contributed by atoms with Gasteiger partial charge in [-0.25, -0.2) is 4.98 Å². The Bertz CT molecular complexity index is 548. The molecule has 6 nitrogen and oxygen atoms in total. The molecule has 1 N–H and O–H groups in total. The fourth-order valence-corrected chi connectivity index (χ4v) is 2.06. The largest absolute Gasteiger partial charge is 0.369 e. The van der Waals surface area contributed by atoms with Crippen LogP contribution in [-0.4, -0.2) is 16.5 Å². The van der Waals surface area contributed by atoms with Crippen LogP contribution in [0, 0.1) is 27.4 Å². The minimum atomic E-state index is -0.552. The Hall–Kier alpha value is -2.42. The molecule has 6 heteroatoms. The first kappa shape index (κ1) is 13.0. The zero-order valence-corrected chi connectivity index (χ0v) is 10.4. The lowest BCUT2D eigenvalue weighted by molar-refractivity contribution is -0.385. The van der Waals surface area contributed by atoms with Crippen molar-refractivity contribution in [2.75, 3.05) is 11.9 Å². The molecule has 2 rings (SSSR count). The van der Waals surface area contributed by atoms with Crippen LogP contribution in [0.1, 0.15) is 24.8 Å². The molecule has 0 spiro atoms. The molecule has 1 aliphatic rings. The van der Waals surface area contributed by atoms with E-state index in [0.29, 0.717) is 11.7 Å². The van der Waals surface area contributed by atoms with Crippen molar-refractivity contribution in [1.29, 1.82) is 5.26 Å². The van der Waals surface area contributed by atoms with E-state index >= 15 is 0 Å². The SMILES string of the molecule is N#Cc1cc([N+](=O)[O-])cnc1NC[C@@H]1CC=CCC1. The van der Waals surface area contributed by atoms with E-state index < -0.39 is 4.92 Å². The average Bonchev–Trinajstić information content (AvgIpc) is 2.45. The van der Waals surface area contributed by atoms with Gasteiger partial charge in [0.2, 0.25) is 0 Å². The van der Waals surface area contributed by atoms with E-state index in [4.69, 9.17) is 5.26 Å². The van der Waals surface area contributed by atoms with Gasteiger partial charge in [0.05, 0.1) is 4.92 Å². The van der Waals surface area contributed by atoms with Crippen LogP contribution in [0.2, 0.25) is 0 Å². The number of hydrogen-bond donors (Lipinski definition) is 1. The molecular weight excluding hydrogens is 244 g/mol. The van der Waals surface area contributed by atoms with Gasteiger partial charge >= 0.3 is 0 Å². The Morgan fingerprint density at radius 3 is 3.05 bits per heavy atom. The molecule has 1 aliphatic carbocycles. The Morgan fingerprint density at radius 2 is 2.42 bits per heavy atom. The summed E-state index contributed by atoms with van der Waals surface area (Å²) in [6.45, 7) is 0.726. The molecule has 19 heavy (non-hydrogen) atoms. The summed E-state index contributed by atoms with van der Waals surface area (Å²) in [5.41, 5.74) is 0.0447. The molecule has 0 radical (unpaired) electrons. The van der Waals surface area contributed by atoms with Crippen molar-refractivity contribution in [3.8, 4) is 6.07 Å². The number of anilines is 1. The summed E-state index contributed by atoms with van der Waals surface area (Å²) in [5, 5.41) is 22.7. The maximum absolute atomic E-state index is 10.6. The lowest BCUT2D eigenvalue weighted by Gasteiger charge is -2.18. The van der Waals surface area contributed by atoms with E-state index in [1.807, 2.05) is 6.07 Å². The van der Waals surface area contributed by atoms with Gasteiger partial charge in [-0.05, 0) is 25.2 Å². The summed E-state index contributed by atoms with van der Waals surface area (Å²) in [7, 11) is 0. The summed E-state index contributed by atoms with van der Waals surface area (Å²) in [6.07, 6.45) is 8.70. The maximum Gasteiger partial charge on any atom is 0.289 e. The molecule has 1 atom stereocenters. The second kappa shape index (κ2) is 5.96. The number of pyridine rings is 1. The van der Waals surface area contributed by atoms with Gasteiger partial charge in [0.1, 0.15) is 23.6 Å². The molecule has 0 aromatic carbocycles. The highest BCUT2D eigenvalue weighted by Gasteiger charge is 2.14. The number of nitro groups is 1. The normalized spacial score (nSPS) is 17.7. The molecule has 0 fully saturated rings. The second-order valence-corrected chi connectivity index (χ2v) is 4.49. The van der Waals surface area contributed by atoms with E-state index in [2.05, 4.69) is 22.5 Å². The molecule has 0 bridgehead atoms. The van der Waals surface area contributed by atoms with Gasteiger partial charge in [0.25, 0.3) is 5.69 Å². The molecule has 1 aromatic rings. The first-order valence-electron chi connectivity index (χ1n) is 6.14. The van der Waals surface area contributed by atoms with Crippen LogP contribution in [-0.2, 0) is 0 Å². The third-order valence-corrected chi connectivity index (χ3v) is 3.14. The van der Waals surface area contributed by atoms with Crippen molar-refractivity contribution in [1.82, 2.24) is 4.98 Å². The molecule has 1 heterocycles. The number of aromatic nitrogens is 1. The van der Waals surface area contributed by atoms with Gasteiger partial charge in [-0.3, -0.25) is 10.1 Å². The van der Waals surface area contributed by atoms with Gasteiger partial charge in [0, 0.05) is 12.6 Å². The van der Waals surface area contributed by atoms with Crippen molar-refractivity contribution in [2.45, 2.75) is 19.3 Å². The molecule has 0 saturated carbocycles. The highest BCUT2D eigenvalue weighted by molar-refractivity contribution is 5.55. The minimum absolute atomic E-state index is 0.164. The van der Waals surface area contributed by atoms with Gasteiger partial charge in [-0.15, -0.1) is 0 Å². The smallest absolute Gasteiger partial charge is 0.289 e. The predicted octanol–water partition coefficient (Wildman–Crippen LogP) is 2.63. The average molecular weight is 258 g/mol. The second-order valence-electron chi connectivity index (χ2n) is 4.49. The Morgan fingerprint density at radius 1 is 1.58 bits per heavy atom. The number of nitriles is 1. The van der Waals surface area contributed by atoms with Gasteiger partial charge in [0.15, 0.2) is 0 Å². The molecule has 0 amide bonds. The number of nitrogens with one attached hydrogen (secondary N) is 1. The van der Waals surface area contributed by atoms with Crippen molar-refractivity contribution < 1.29 is 4.92 Å². The fourth-order valence-electron chi connectivity index (χ4n) is 2.06. The zero-order chi connectivity index (χ0) is 13.7. The Labute approximate surface area is 110 Å². The van der Waals surface area contributed by atoms with Crippen LogP contribution in [0.5, 0.6) is 0 Å². The van der Waals surface area contributed by atoms with Crippen LogP contribution in [0.15, 0.2) is 24.4 Å². The van der Waals surface area contributed by atoms with E-state index in [1.54, 1.807) is 0 Å². The highest BCUT2D eigenvalue weighted by Crippen LogP contribution is 2.21. The lowest BCUT2D eigenvalue weighted by Crippen LogP contribution is -2.16. The quantitative estimate of drug-likeness (QED) is 0.509. The van der Waals surface area contributed by atoms with E-state index in [0.717, 1.165) is 25.8 Å². The summed E-state index contributed by atoms with van der Waals surface area (Å²) in [5.74, 6) is 0.941. The van der Waals surface area contributed by atoms with Gasteiger partial charge in [-0.2, -0.15) is 5.26 Å². The molecule has 98 valence electrons.